The highest BCUT2D eigenvalue weighted by Gasteiger charge is 2.31. The molecule has 0 bridgehead atoms. The first-order valence-corrected chi connectivity index (χ1v) is 30.7. The van der Waals surface area contributed by atoms with E-state index in [0.29, 0.717) is 62.6 Å². The highest BCUT2D eigenvalue weighted by atomic mass is 16.5. The smallest absolute Gasteiger partial charge is 0.330 e. The van der Waals surface area contributed by atoms with Crippen LogP contribution in [-0.2, 0) is 38.1 Å². The first kappa shape index (κ1) is 61.7. The molecule has 0 aliphatic heterocycles. The molecule has 3 aromatic carbocycles. The average Bonchev–Trinajstić information content (AvgIpc) is 3.50. The van der Waals surface area contributed by atoms with Gasteiger partial charge in [-0.3, -0.25) is 9.59 Å². The predicted molar refractivity (Wildman–Crippen MR) is 315 cm³/mol. The molecule has 2 unspecified atom stereocenters. The summed E-state index contributed by atoms with van der Waals surface area (Å²) in [5.74, 6) is 17.1. The lowest BCUT2D eigenvalue weighted by Crippen LogP contribution is -2.29. The van der Waals surface area contributed by atoms with Crippen LogP contribution in [0.2, 0.25) is 0 Å². The van der Waals surface area contributed by atoms with Crippen molar-refractivity contribution in [3.05, 3.63) is 120 Å². The van der Waals surface area contributed by atoms with Gasteiger partial charge in [-0.25, -0.2) is 9.59 Å². The van der Waals surface area contributed by atoms with Gasteiger partial charge in [0, 0.05) is 48.0 Å². The Balaban J connectivity index is 0.957. The van der Waals surface area contributed by atoms with Crippen LogP contribution in [0.3, 0.4) is 0 Å². The quantitative estimate of drug-likeness (QED) is 0.0252. The largest absolute Gasteiger partial charge is 0.462 e. The predicted octanol–water partition coefficient (Wildman–Crippen LogP) is 15.2. The zero-order valence-electron chi connectivity index (χ0n) is 48.2. The summed E-state index contributed by atoms with van der Waals surface area (Å²) in [6, 6.07) is 24.5. The summed E-state index contributed by atoms with van der Waals surface area (Å²) in [6.07, 6.45) is 27.1. The number of hydrogen-bond donors (Lipinski definition) is 0. The van der Waals surface area contributed by atoms with E-state index >= 15 is 0 Å². The fraction of sp³-hybridized carbons (Fsp3) is 0.571. The molecule has 0 spiro atoms. The maximum absolute atomic E-state index is 13.3. The molecule has 0 heterocycles. The maximum Gasteiger partial charge on any atom is 0.330 e. The summed E-state index contributed by atoms with van der Waals surface area (Å²) in [7, 11) is 0. The lowest BCUT2D eigenvalue weighted by atomic mass is 9.76. The van der Waals surface area contributed by atoms with Crippen molar-refractivity contribution in [2.75, 3.05) is 26.4 Å². The lowest BCUT2D eigenvalue weighted by Gasteiger charge is -2.30. The Morgan fingerprint density at radius 1 is 0.475 bits per heavy atom. The van der Waals surface area contributed by atoms with Crippen LogP contribution < -0.4 is 9.47 Å². The summed E-state index contributed by atoms with van der Waals surface area (Å²) in [6.45, 7) is 13.0. The first-order valence-electron chi connectivity index (χ1n) is 30.7. The van der Waals surface area contributed by atoms with Crippen LogP contribution in [0.4, 0.5) is 0 Å². The zero-order valence-corrected chi connectivity index (χ0v) is 48.2. The van der Waals surface area contributed by atoms with E-state index in [9.17, 15) is 19.2 Å². The van der Waals surface area contributed by atoms with E-state index in [1.54, 1.807) is 0 Å². The molecule has 0 aromatic heterocycles. The molecule has 4 fully saturated rings. The third-order valence-electron chi connectivity index (χ3n) is 17.3. The van der Waals surface area contributed by atoms with E-state index in [4.69, 9.17) is 28.4 Å². The summed E-state index contributed by atoms with van der Waals surface area (Å²) in [4.78, 5) is 49.2. The highest BCUT2D eigenvalue weighted by molar-refractivity contribution is 5.81. The van der Waals surface area contributed by atoms with Gasteiger partial charge in [0.25, 0.3) is 0 Å². The maximum atomic E-state index is 13.3. The molecule has 2 atom stereocenters. The molecule has 10 nitrogen and oxygen atoms in total. The summed E-state index contributed by atoms with van der Waals surface area (Å²) >= 11 is 0. The van der Waals surface area contributed by atoms with Gasteiger partial charge in [-0.05, 0) is 148 Å². The number of rotatable bonds is 26. The Labute approximate surface area is 478 Å². The fourth-order valence-electron chi connectivity index (χ4n) is 12.5. The molecule has 4 saturated carbocycles. The minimum atomic E-state index is -0.425. The van der Waals surface area contributed by atoms with Crippen molar-refractivity contribution in [2.45, 2.75) is 192 Å². The molecule has 80 heavy (non-hydrogen) atoms. The Kier molecular flexibility index (Phi) is 26.0. The van der Waals surface area contributed by atoms with Gasteiger partial charge >= 0.3 is 23.9 Å². The number of esters is 4. The Bertz CT molecular complexity index is 2330. The minimum absolute atomic E-state index is 0.0457. The van der Waals surface area contributed by atoms with Crippen LogP contribution in [0.15, 0.2) is 98.1 Å². The molecular formula is C70H90O10. The van der Waals surface area contributed by atoms with Crippen molar-refractivity contribution in [2.24, 2.45) is 35.5 Å². The number of benzene rings is 3. The average molecular weight is 1090 g/mol. The minimum Gasteiger partial charge on any atom is -0.462 e. The second-order valence-electron chi connectivity index (χ2n) is 23.2. The second kappa shape index (κ2) is 33.7. The van der Waals surface area contributed by atoms with Gasteiger partial charge in [-0.15, -0.1) is 0 Å². The first-order chi connectivity index (χ1) is 39.1. The third-order valence-corrected chi connectivity index (χ3v) is 17.3. The molecule has 3 aromatic rings. The van der Waals surface area contributed by atoms with Gasteiger partial charge in [0.2, 0.25) is 0 Å². The molecular weight excluding hydrogens is 1000 g/mol. The van der Waals surface area contributed by atoms with Crippen LogP contribution in [0.1, 0.15) is 202 Å². The molecule has 0 saturated heterocycles. The molecule has 4 aliphatic rings. The zero-order chi connectivity index (χ0) is 56.3. The second-order valence-corrected chi connectivity index (χ2v) is 23.2. The number of carbonyl (C=O) groups excluding carboxylic acids is 4. The molecule has 0 radical (unpaired) electrons. The number of carbonyl (C=O) groups is 4. The molecule has 4 aliphatic carbocycles. The van der Waals surface area contributed by atoms with Crippen molar-refractivity contribution in [1.82, 2.24) is 0 Å². The highest BCUT2D eigenvalue weighted by Crippen LogP contribution is 2.40. The summed E-state index contributed by atoms with van der Waals surface area (Å²) < 4.78 is 34.0. The molecule has 10 heteroatoms. The van der Waals surface area contributed by atoms with Gasteiger partial charge in [0.05, 0.1) is 50.5 Å². The fourth-order valence-corrected chi connectivity index (χ4v) is 12.5. The SMILES string of the molecule is C=CC(=O)OCCCOC1CCC(C(=O)Oc2ccc(C(C#Cc3ccc(C#CC(CC4CCC(CCC)CC4)c4ccc(OC(=O)C5CCC(OCCCOC(=O)C=C)CC5)cc4)cc3)CC3CCC(CCC)CC3)cc2)CC1. The standard InChI is InChI=1S/C70H90O10/c1-5-11-51-17-21-55(22-18-51)49-61(57-29-41-65(42-30-57)79-69(73)59-33-37-63(38-34-59)75-45-9-47-77-67(71)7-3)27-25-53-13-15-54(16-14-53)26-28-62(50-56-23-19-52(12-6-2)20-24-56)58-31-43-66(44-32-58)80-70(74)60-35-39-64(40-36-60)76-46-10-48-78-68(72)8-4/h7-8,13-16,29-32,41-44,51-52,55-56,59-64H,3-6,9-12,17-24,33-40,45-50H2,1-2H3. The Hall–Kier alpha value is -5.94. The topological polar surface area (TPSA) is 124 Å². The van der Waals surface area contributed by atoms with E-state index in [1.165, 1.54) is 77.0 Å². The van der Waals surface area contributed by atoms with Gasteiger partial charge in [-0.2, -0.15) is 0 Å². The van der Waals surface area contributed by atoms with Gasteiger partial charge < -0.3 is 28.4 Å². The van der Waals surface area contributed by atoms with Crippen LogP contribution >= 0.6 is 0 Å². The van der Waals surface area contributed by atoms with Crippen LogP contribution in [0, 0.1) is 59.2 Å². The normalized spacial score (nSPS) is 23.5. The van der Waals surface area contributed by atoms with Crippen molar-refractivity contribution in [3.8, 4) is 35.2 Å². The van der Waals surface area contributed by atoms with E-state index in [-0.39, 0.29) is 47.8 Å². The summed E-state index contributed by atoms with van der Waals surface area (Å²) in [5, 5.41) is 0. The monoisotopic (exact) mass is 1090 g/mol. The lowest BCUT2D eigenvalue weighted by molar-refractivity contribution is -0.142. The molecule has 0 N–H and O–H groups in total. The Morgan fingerprint density at radius 2 is 0.825 bits per heavy atom. The van der Waals surface area contributed by atoms with Gasteiger partial charge in [0.15, 0.2) is 0 Å². The third kappa shape index (κ3) is 20.9. The summed E-state index contributed by atoms with van der Waals surface area (Å²) in [5.41, 5.74) is 4.21. The van der Waals surface area contributed by atoms with Crippen molar-refractivity contribution in [1.29, 1.82) is 0 Å². The van der Waals surface area contributed by atoms with Crippen LogP contribution in [0.5, 0.6) is 11.5 Å². The molecule has 7 rings (SSSR count). The van der Waals surface area contributed by atoms with Crippen molar-refractivity contribution < 1.29 is 47.6 Å². The number of ether oxygens (including phenoxy) is 6. The van der Waals surface area contributed by atoms with E-state index in [0.717, 1.165) is 110 Å². The van der Waals surface area contributed by atoms with E-state index < -0.39 is 11.9 Å². The van der Waals surface area contributed by atoms with Crippen molar-refractivity contribution >= 4 is 23.9 Å². The van der Waals surface area contributed by atoms with Gasteiger partial charge in [0.1, 0.15) is 11.5 Å². The van der Waals surface area contributed by atoms with Crippen molar-refractivity contribution in [3.63, 3.8) is 0 Å². The number of hydrogen-bond acceptors (Lipinski definition) is 10. The van der Waals surface area contributed by atoms with Crippen LogP contribution in [0.25, 0.3) is 0 Å². The molecule has 430 valence electrons. The molecule has 0 amide bonds. The van der Waals surface area contributed by atoms with E-state index in [1.807, 2.05) is 24.3 Å². The van der Waals surface area contributed by atoms with Gasteiger partial charge in [-0.1, -0.05) is 152 Å². The van der Waals surface area contributed by atoms with E-state index in [2.05, 4.69) is 99.2 Å². The van der Waals surface area contributed by atoms with Crippen LogP contribution in [-0.4, -0.2) is 62.5 Å². The Morgan fingerprint density at radius 3 is 1.16 bits per heavy atom.